The summed E-state index contributed by atoms with van der Waals surface area (Å²) in [6.45, 7) is 2.76. The predicted molar refractivity (Wildman–Crippen MR) is 86.1 cm³/mol. The summed E-state index contributed by atoms with van der Waals surface area (Å²) >= 11 is 0. The molecule has 2 atom stereocenters. The van der Waals surface area contributed by atoms with Crippen LogP contribution in [0.4, 0.5) is 0 Å². The first-order valence-electron chi connectivity index (χ1n) is 7.99. The SMILES string of the molecule is CCN(Cc1ccccc1)C(=O)CNC(=O)[C@@H]1CC[C@H](C(=O)O)O1. The first kappa shape index (κ1) is 17.9. The van der Waals surface area contributed by atoms with Gasteiger partial charge in [0, 0.05) is 13.1 Å². The maximum atomic E-state index is 12.2. The quantitative estimate of drug-likeness (QED) is 0.768. The summed E-state index contributed by atoms with van der Waals surface area (Å²) in [5.74, 6) is -1.70. The molecule has 2 rings (SSSR count). The van der Waals surface area contributed by atoms with Gasteiger partial charge in [-0.15, -0.1) is 0 Å². The normalized spacial score (nSPS) is 19.7. The van der Waals surface area contributed by atoms with Crippen molar-refractivity contribution in [2.45, 2.75) is 38.5 Å². The third-order valence-electron chi connectivity index (χ3n) is 3.95. The van der Waals surface area contributed by atoms with E-state index in [9.17, 15) is 14.4 Å². The number of aliphatic carboxylic acids is 1. The summed E-state index contributed by atoms with van der Waals surface area (Å²) in [5.41, 5.74) is 1.02. The van der Waals surface area contributed by atoms with Crippen LogP contribution < -0.4 is 5.32 Å². The van der Waals surface area contributed by atoms with Gasteiger partial charge in [-0.25, -0.2) is 4.79 Å². The first-order valence-corrected chi connectivity index (χ1v) is 7.99. The van der Waals surface area contributed by atoms with Gasteiger partial charge in [-0.05, 0) is 25.3 Å². The minimum Gasteiger partial charge on any atom is -0.479 e. The molecule has 1 heterocycles. The number of likely N-dealkylation sites (N-methyl/N-ethyl adjacent to an activating group) is 1. The fraction of sp³-hybridized carbons (Fsp3) is 0.471. The van der Waals surface area contributed by atoms with Gasteiger partial charge in [-0.3, -0.25) is 9.59 Å². The number of amides is 2. The number of benzene rings is 1. The molecule has 0 radical (unpaired) electrons. The molecule has 0 spiro atoms. The Labute approximate surface area is 140 Å². The topological polar surface area (TPSA) is 95.9 Å². The van der Waals surface area contributed by atoms with Gasteiger partial charge in [-0.1, -0.05) is 30.3 Å². The Bertz CT molecular complexity index is 590. The highest BCUT2D eigenvalue weighted by molar-refractivity contribution is 5.87. The monoisotopic (exact) mass is 334 g/mol. The van der Waals surface area contributed by atoms with Crippen LogP contribution in [0.2, 0.25) is 0 Å². The molecule has 2 N–H and O–H groups in total. The number of carbonyl (C=O) groups excluding carboxylic acids is 2. The molecule has 7 heteroatoms. The Morgan fingerprint density at radius 3 is 2.46 bits per heavy atom. The number of hydrogen-bond acceptors (Lipinski definition) is 4. The third kappa shape index (κ3) is 4.79. The number of ether oxygens (including phenoxy) is 1. The molecular formula is C17H22N2O5. The average molecular weight is 334 g/mol. The van der Waals surface area contributed by atoms with Gasteiger partial charge in [0.25, 0.3) is 0 Å². The number of carboxylic acid groups (broad SMARTS) is 1. The minimum atomic E-state index is -1.07. The van der Waals surface area contributed by atoms with Gasteiger partial charge in [0.2, 0.25) is 11.8 Å². The van der Waals surface area contributed by atoms with Crippen molar-refractivity contribution in [2.75, 3.05) is 13.1 Å². The second-order valence-corrected chi connectivity index (χ2v) is 5.64. The Morgan fingerprint density at radius 2 is 1.88 bits per heavy atom. The Hall–Kier alpha value is -2.41. The fourth-order valence-corrected chi connectivity index (χ4v) is 2.58. The summed E-state index contributed by atoms with van der Waals surface area (Å²) in [6, 6.07) is 9.60. The predicted octanol–water partition coefficient (Wildman–Crippen LogP) is 0.783. The number of carboxylic acids is 1. The van der Waals surface area contributed by atoms with Crippen molar-refractivity contribution in [1.29, 1.82) is 0 Å². The number of rotatable bonds is 7. The summed E-state index contributed by atoms with van der Waals surface area (Å²) in [7, 11) is 0. The highest BCUT2D eigenvalue weighted by atomic mass is 16.5. The maximum Gasteiger partial charge on any atom is 0.332 e. The van der Waals surface area contributed by atoms with Crippen LogP contribution in [-0.4, -0.2) is 53.1 Å². The molecule has 1 saturated heterocycles. The van der Waals surface area contributed by atoms with Crippen molar-refractivity contribution in [1.82, 2.24) is 10.2 Å². The summed E-state index contributed by atoms with van der Waals surface area (Å²) in [4.78, 5) is 36.7. The van der Waals surface area contributed by atoms with E-state index in [1.54, 1.807) is 4.90 Å². The molecular weight excluding hydrogens is 312 g/mol. The van der Waals surface area contributed by atoms with Crippen LogP contribution in [0, 0.1) is 0 Å². The molecule has 1 aliphatic rings. The minimum absolute atomic E-state index is 0.128. The summed E-state index contributed by atoms with van der Waals surface area (Å²) in [6.07, 6.45) is -1.10. The molecule has 0 aliphatic carbocycles. The van der Waals surface area contributed by atoms with Crippen LogP contribution in [-0.2, 0) is 25.7 Å². The number of nitrogens with zero attached hydrogens (tertiary/aromatic N) is 1. The van der Waals surface area contributed by atoms with Crippen LogP contribution in [0.3, 0.4) is 0 Å². The van der Waals surface area contributed by atoms with Crippen molar-refractivity contribution in [3.05, 3.63) is 35.9 Å². The molecule has 0 bridgehead atoms. The van der Waals surface area contributed by atoms with E-state index in [-0.39, 0.29) is 12.5 Å². The number of hydrogen-bond donors (Lipinski definition) is 2. The molecule has 0 saturated carbocycles. The van der Waals surface area contributed by atoms with E-state index in [1.807, 2.05) is 37.3 Å². The van der Waals surface area contributed by atoms with Gasteiger partial charge in [0.05, 0.1) is 6.54 Å². The average Bonchev–Trinajstić information content (AvgIpc) is 3.08. The van der Waals surface area contributed by atoms with Crippen LogP contribution in [0.15, 0.2) is 30.3 Å². The van der Waals surface area contributed by atoms with Crippen LogP contribution in [0.1, 0.15) is 25.3 Å². The highest BCUT2D eigenvalue weighted by Gasteiger charge is 2.34. The molecule has 7 nitrogen and oxygen atoms in total. The highest BCUT2D eigenvalue weighted by Crippen LogP contribution is 2.19. The molecule has 24 heavy (non-hydrogen) atoms. The van der Waals surface area contributed by atoms with Crippen molar-refractivity contribution in [3.8, 4) is 0 Å². The van der Waals surface area contributed by atoms with Crippen molar-refractivity contribution in [3.63, 3.8) is 0 Å². The zero-order valence-electron chi connectivity index (χ0n) is 13.6. The molecule has 130 valence electrons. The lowest BCUT2D eigenvalue weighted by molar-refractivity contribution is -0.152. The van der Waals surface area contributed by atoms with Crippen molar-refractivity contribution >= 4 is 17.8 Å². The zero-order chi connectivity index (χ0) is 17.5. The Morgan fingerprint density at radius 1 is 1.21 bits per heavy atom. The second kappa shape index (κ2) is 8.44. The molecule has 1 aromatic rings. The van der Waals surface area contributed by atoms with Gasteiger partial charge in [0.15, 0.2) is 6.10 Å². The molecule has 2 amide bonds. The fourth-order valence-electron chi connectivity index (χ4n) is 2.58. The van der Waals surface area contributed by atoms with Crippen molar-refractivity contribution < 1.29 is 24.2 Å². The van der Waals surface area contributed by atoms with E-state index < -0.39 is 24.1 Å². The van der Waals surface area contributed by atoms with E-state index in [0.717, 1.165) is 5.56 Å². The summed E-state index contributed by atoms with van der Waals surface area (Å²) < 4.78 is 5.16. The first-order chi connectivity index (χ1) is 11.5. The van der Waals surface area contributed by atoms with E-state index >= 15 is 0 Å². The Balaban J connectivity index is 1.81. The Kier molecular flexibility index (Phi) is 6.31. The van der Waals surface area contributed by atoms with Gasteiger partial charge in [-0.2, -0.15) is 0 Å². The van der Waals surface area contributed by atoms with Gasteiger partial charge in [0.1, 0.15) is 6.10 Å². The van der Waals surface area contributed by atoms with Gasteiger partial charge < -0.3 is 20.1 Å². The van der Waals surface area contributed by atoms with Gasteiger partial charge >= 0.3 is 5.97 Å². The van der Waals surface area contributed by atoms with E-state index in [1.165, 1.54) is 0 Å². The molecule has 1 aliphatic heterocycles. The molecule has 0 aromatic heterocycles. The van der Waals surface area contributed by atoms with E-state index in [4.69, 9.17) is 9.84 Å². The number of carbonyl (C=O) groups is 3. The lowest BCUT2D eigenvalue weighted by Crippen LogP contribution is -2.43. The molecule has 1 aromatic carbocycles. The lowest BCUT2D eigenvalue weighted by Gasteiger charge is -2.21. The van der Waals surface area contributed by atoms with E-state index in [2.05, 4.69) is 5.32 Å². The van der Waals surface area contributed by atoms with Crippen LogP contribution in [0.25, 0.3) is 0 Å². The molecule has 0 unspecified atom stereocenters. The molecule has 1 fully saturated rings. The smallest absolute Gasteiger partial charge is 0.332 e. The van der Waals surface area contributed by atoms with Crippen LogP contribution in [0.5, 0.6) is 0 Å². The largest absolute Gasteiger partial charge is 0.479 e. The van der Waals surface area contributed by atoms with E-state index in [0.29, 0.717) is 25.9 Å². The third-order valence-corrected chi connectivity index (χ3v) is 3.95. The lowest BCUT2D eigenvalue weighted by atomic mass is 10.2. The van der Waals surface area contributed by atoms with Crippen molar-refractivity contribution in [2.24, 2.45) is 0 Å². The number of nitrogens with one attached hydrogen (secondary N) is 1. The second-order valence-electron chi connectivity index (χ2n) is 5.64. The maximum absolute atomic E-state index is 12.2. The standard InChI is InChI=1S/C17H22N2O5/c1-2-19(11-12-6-4-3-5-7-12)15(20)10-18-16(21)13-8-9-14(24-13)17(22)23/h3-7,13-14H,2,8-11H2,1H3,(H,18,21)(H,22,23)/t13-,14+/m0/s1. The van der Waals surface area contributed by atoms with Crippen LogP contribution >= 0.6 is 0 Å². The summed E-state index contributed by atoms with van der Waals surface area (Å²) in [5, 5.41) is 11.4. The zero-order valence-corrected chi connectivity index (χ0v) is 13.6.